The number of likely N-dealkylation sites (tertiary alicyclic amines) is 1. The van der Waals surface area contributed by atoms with Crippen molar-refractivity contribution in [3.05, 3.63) is 21.4 Å². The van der Waals surface area contributed by atoms with E-state index in [9.17, 15) is 14.7 Å². The van der Waals surface area contributed by atoms with Gasteiger partial charge in [-0.1, -0.05) is 13.8 Å². The highest BCUT2D eigenvalue weighted by atomic mass is 32.1. The first kappa shape index (κ1) is 15.0. The number of amides is 1. The second-order valence-corrected chi connectivity index (χ2v) is 6.64. The highest BCUT2D eigenvalue weighted by Crippen LogP contribution is 2.31. The van der Waals surface area contributed by atoms with Crippen LogP contribution in [0.5, 0.6) is 0 Å². The highest BCUT2D eigenvalue weighted by Gasteiger charge is 2.31. The molecule has 1 aromatic heterocycles. The summed E-state index contributed by atoms with van der Waals surface area (Å²) in [6, 6.07) is 1.40. The predicted molar refractivity (Wildman–Crippen MR) is 78.0 cm³/mol. The lowest BCUT2D eigenvalue weighted by atomic mass is 10.1. The van der Waals surface area contributed by atoms with E-state index in [1.165, 1.54) is 0 Å². The molecule has 0 radical (unpaired) electrons. The van der Waals surface area contributed by atoms with Crippen molar-refractivity contribution in [3.63, 3.8) is 0 Å². The van der Waals surface area contributed by atoms with Gasteiger partial charge in [-0.2, -0.15) is 0 Å². The van der Waals surface area contributed by atoms with Crippen molar-refractivity contribution in [2.75, 3.05) is 6.54 Å². The van der Waals surface area contributed by atoms with Crippen molar-refractivity contribution in [1.29, 1.82) is 0 Å². The maximum atomic E-state index is 11.5. The first-order valence-electron chi connectivity index (χ1n) is 6.79. The number of aliphatic carboxylic acids is 1. The molecule has 1 saturated heterocycles. The van der Waals surface area contributed by atoms with Crippen LogP contribution in [-0.2, 0) is 11.3 Å². The van der Waals surface area contributed by atoms with Gasteiger partial charge in [-0.05, 0) is 31.4 Å². The van der Waals surface area contributed by atoms with Gasteiger partial charge in [-0.15, -0.1) is 11.3 Å². The Bertz CT molecular complexity index is 524. The van der Waals surface area contributed by atoms with E-state index < -0.39 is 17.9 Å². The van der Waals surface area contributed by atoms with E-state index in [4.69, 9.17) is 5.73 Å². The lowest BCUT2D eigenvalue weighted by molar-refractivity contribution is -0.142. The minimum Gasteiger partial charge on any atom is -0.480 e. The average Bonchev–Trinajstić information content (AvgIpc) is 2.95. The van der Waals surface area contributed by atoms with E-state index in [2.05, 4.69) is 13.8 Å². The minimum absolute atomic E-state index is 0.334. The summed E-state index contributed by atoms with van der Waals surface area (Å²) in [7, 11) is 0. The maximum absolute atomic E-state index is 11.5. The number of carboxylic acids is 1. The summed E-state index contributed by atoms with van der Waals surface area (Å²) in [6.45, 7) is 5.38. The van der Waals surface area contributed by atoms with Crippen LogP contribution < -0.4 is 5.73 Å². The van der Waals surface area contributed by atoms with Crippen molar-refractivity contribution < 1.29 is 14.7 Å². The SMILES string of the molecule is CC(C)c1cc(C(N)=O)c(CN2CCC[C@H]2C(=O)O)s1. The number of carbonyl (C=O) groups excluding carboxylic acids is 1. The second kappa shape index (κ2) is 5.93. The molecule has 1 amide bonds. The van der Waals surface area contributed by atoms with Gasteiger partial charge in [0.1, 0.15) is 6.04 Å². The molecule has 2 heterocycles. The average molecular weight is 296 g/mol. The van der Waals surface area contributed by atoms with Gasteiger partial charge in [0.05, 0.1) is 5.56 Å². The summed E-state index contributed by atoms with van der Waals surface area (Å²) in [5.41, 5.74) is 5.97. The molecule has 0 aromatic carbocycles. The molecule has 0 spiro atoms. The highest BCUT2D eigenvalue weighted by molar-refractivity contribution is 7.12. The largest absolute Gasteiger partial charge is 0.480 e. The molecule has 3 N–H and O–H groups in total. The van der Waals surface area contributed by atoms with E-state index in [0.717, 1.165) is 22.7 Å². The van der Waals surface area contributed by atoms with E-state index in [1.54, 1.807) is 11.3 Å². The van der Waals surface area contributed by atoms with Gasteiger partial charge < -0.3 is 10.8 Å². The topological polar surface area (TPSA) is 83.6 Å². The van der Waals surface area contributed by atoms with Gasteiger partial charge >= 0.3 is 5.97 Å². The summed E-state index contributed by atoms with van der Waals surface area (Å²) in [5, 5.41) is 9.20. The van der Waals surface area contributed by atoms with Crippen LogP contribution in [0.15, 0.2) is 6.07 Å². The van der Waals surface area contributed by atoms with Gasteiger partial charge in [0.15, 0.2) is 0 Å². The summed E-state index contributed by atoms with van der Waals surface area (Å²) in [6.07, 6.45) is 1.55. The Kier molecular flexibility index (Phi) is 4.45. The zero-order valence-electron chi connectivity index (χ0n) is 11.8. The van der Waals surface area contributed by atoms with Gasteiger partial charge in [0.25, 0.3) is 0 Å². The number of carbonyl (C=O) groups is 2. The standard InChI is InChI=1S/C14H20N2O3S/c1-8(2)11-6-9(13(15)17)12(20-11)7-16-5-3-4-10(16)14(18)19/h6,8,10H,3-5,7H2,1-2H3,(H2,15,17)(H,18,19)/t10-/m0/s1. The van der Waals surface area contributed by atoms with Crippen molar-refractivity contribution in [1.82, 2.24) is 4.90 Å². The number of thiophene rings is 1. The molecule has 20 heavy (non-hydrogen) atoms. The molecule has 0 aliphatic carbocycles. The molecule has 0 bridgehead atoms. The molecular formula is C14H20N2O3S. The van der Waals surface area contributed by atoms with E-state index in [1.807, 2.05) is 11.0 Å². The molecule has 6 heteroatoms. The molecule has 1 aliphatic heterocycles. The van der Waals surface area contributed by atoms with Crippen LogP contribution in [-0.4, -0.2) is 34.5 Å². The Morgan fingerprint density at radius 2 is 2.25 bits per heavy atom. The molecule has 0 unspecified atom stereocenters. The number of rotatable bonds is 5. The summed E-state index contributed by atoms with van der Waals surface area (Å²) in [5.74, 6) is -0.890. The number of carboxylic acid groups (broad SMARTS) is 1. The molecule has 1 aromatic rings. The zero-order chi connectivity index (χ0) is 14.9. The molecule has 110 valence electrons. The fourth-order valence-corrected chi connectivity index (χ4v) is 3.74. The van der Waals surface area contributed by atoms with Gasteiger partial charge in [-0.25, -0.2) is 0 Å². The first-order valence-corrected chi connectivity index (χ1v) is 7.61. The second-order valence-electron chi connectivity index (χ2n) is 5.47. The third kappa shape index (κ3) is 3.02. The molecule has 1 aliphatic rings. The zero-order valence-corrected chi connectivity index (χ0v) is 12.6. The quantitative estimate of drug-likeness (QED) is 0.870. The van der Waals surface area contributed by atoms with Crippen LogP contribution in [0.25, 0.3) is 0 Å². The van der Waals surface area contributed by atoms with Gasteiger partial charge in [0.2, 0.25) is 5.91 Å². The monoisotopic (exact) mass is 296 g/mol. The lowest BCUT2D eigenvalue weighted by Gasteiger charge is -2.20. The minimum atomic E-state index is -0.788. The number of primary amides is 1. The van der Waals surface area contributed by atoms with Crippen molar-refractivity contribution in [2.24, 2.45) is 5.73 Å². The van der Waals surface area contributed by atoms with Crippen molar-refractivity contribution >= 4 is 23.2 Å². The third-order valence-corrected chi connectivity index (χ3v) is 5.08. The van der Waals surface area contributed by atoms with E-state index in [-0.39, 0.29) is 0 Å². The smallest absolute Gasteiger partial charge is 0.320 e. The number of hydrogen-bond acceptors (Lipinski definition) is 4. The number of hydrogen-bond donors (Lipinski definition) is 2. The Hall–Kier alpha value is -1.40. The molecule has 2 rings (SSSR count). The Balaban J connectivity index is 2.24. The van der Waals surface area contributed by atoms with E-state index >= 15 is 0 Å². The van der Waals surface area contributed by atoms with Crippen molar-refractivity contribution in [2.45, 2.75) is 45.2 Å². The summed E-state index contributed by atoms with van der Waals surface area (Å²) < 4.78 is 0. The third-order valence-electron chi connectivity index (χ3n) is 3.66. The molecule has 5 nitrogen and oxygen atoms in total. The molecular weight excluding hydrogens is 276 g/mol. The van der Waals surface area contributed by atoms with Crippen LogP contribution in [0.1, 0.15) is 52.7 Å². The van der Waals surface area contributed by atoms with Gasteiger partial charge in [-0.3, -0.25) is 14.5 Å². The lowest BCUT2D eigenvalue weighted by Crippen LogP contribution is -2.35. The predicted octanol–water partition coefficient (Wildman–Crippen LogP) is 2.02. The molecule has 0 saturated carbocycles. The number of nitrogens with zero attached hydrogens (tertiary/aromatic N) is 1. The van der Waals surface area contributed by atoms with E-state index in [0.29, 0.717) is 24.4 Å². The Morgan fingerprint density at radius 1 is 1.55 bits per heavy atom. The van der Waals surface area contributed by atoms with Crippen LogP contribution in [0, 0.1) is 0 Å². The summed E-state index contributed by atoms with van der Waals surface area (Å²) >= 11 is 1.56. The maximum Gasteiger partial charge on any atom is 0.320 e. The summed E-state index contributed by atoms with van der Waals surface area (Å²) in [4.78, 5) is 26.7. The molecule has 1 fully saturated rings. The first-order chi connectivity index (χ1) is 9.40. The van der Waals surface area contributed by atoms with Crippen LogP contribution in [0.4, 0.5) is 0 Å². The molecule has 1 atom stereocenters. The van der Waals surface area contributed by atoms with Crippen molar-refractivity contribution in [3.8, 4) is 0 Å². The van der Waals surface area contributed by atoms with Crippen LogP contribution >= 0.6 is 11.3 Å². The Morgan fingerprint density at radius 3 is 2.80 bits per heavy atom. The fourth-order valence-electron chi connectivity index (χ4n) is 2.54. The normalized spacial score (nSPS) is 19.6. The number of nitrogens with two attached hydrogens (primary N) is 1. The van der Waals surface area contributed by atoms with Crippen LogP contribution in [0.2, 0.25) is 0 Å². The van der Waals surface area contributed by atoms with Crippen LogP contribution in [0.3, 0.4) is 0 Å². The van der Waals surface area contributed by atoms with Gasteiger partial charge in [0, 0.05) is 16.3 Å². The Labute approximate surface area is 122 Å². The fraction of sp³-hybridized carbons (Fsp3) is 0.571.